The van der Waals surface area contributed by atoms with Crippen LogP contribution in [-0.2, 0) is 9.59 Å². The van der Waals surface area contributed by atoms with E-state index in [-0.39, 0.29) is 17.8 Å². The highest BCUT2D eigenvalue weighted by atomic mass is 35.5. The van der Waals surface area contributed by atoms with Crippen LogP contribution in [0.5, 0.6) is 5.75 Å². The summed E-state index contributed by atoms with van der Waals surface area (Å²) in [6.45, 7) is 2.14. The lowest BCUT2D eigenvalue weighted by Gasteiger charge is -2.35. The Labute approximate surface area is 204 Å². The molecule has 0 heterocycles. The quantitative estimate of drug-likeness (QED) is 0.477. The van der Waals surface area contributed by atoms with E-state index in [0.29, 0.717) is 33.0 Å². The fourth-order valence-electron chi connectivity index (χ4n) is 4.19. The van der Waals surface area contributed by atoms with Gasteiger partial charge in [0.2, 0.25) is 11.8 Å². The van der Waals surface area contributed by atoms with E-state index in [1.54, 1.807) is 42.5 Å². The molecule has 0 bridgehead atoms. The van der Waals surface area contributed by atoms with E-state index >= 15 is 0 Å². The van der Waals surface area contributed by atoms with Crippen molar-refractivity contribution in [2.75, 3.05) is 17.9 Å². The summed E-state index contributed by atoms with van der Waals surface area (Å²) in [6, 6.07) is 11.0. The van der Waals surface area contributed by atoms with Crippen LogP contribution in [0.1, 0.15) is 44.2 Å². The number of halogens is 3. The van der Waals surface area contributed by atoms with E-state index in [0.717, 1.165) is 25.7 Å². The summed E-state index contributed by atoms with van der Waals surface area (Å²) < 4.78 is 5.23. The van der Waals surface area contributed by atoms with E-state index in [1.807, 2.05) is 0 Å². The fourth-order valence-corrected chi connectivity index (χ4v) is 4.81. The molecule has 0 spiro atoms. The van der Waals surface area contributed by atoms with E-state index in [4.69, 9.17) is 39.5 Å². The second-order valence-corrected chi connectivity index (χ2v) is 9.10. The minimum Gasteiger partial charge on any atom is -0.495 e. The van der Waals surface area contributed by atoms with Gasteiger partial charge in [-0.15, -0.1) is 11.6 Å². The molecule has 1 aliphatic carbocycles. The molecule has 0 aromatic heterocycles. The number of alkyl halides is 1. The highest BCUT2D eigenvalue weighted by Crippen LogP contribution is 2.36. The maximum absolute atomic E-state index is 13.7. The third-order valence-corrected chi connectivity index (χ3v) is 6.81. The van der Waals surface area contributed by atoms with Gasteiger partial charge in [0.1, 0.15) is 17.7 Å². The van der Waals surface area contributed by atoms with Crippen LogP contribution in [-0.4, -0.2) is 30.8 Å². The Balaban J connectivity index is 2.08. The number of carbonyl (C=O) groups excluding carboxylic acids is 2. The normalized spacial score (nSPS) is 19.2. The molecule has 32 heavy (non-hydrogen) atoms. The second-order valence-electron chi connectivity index (χ2n) is 8.02. The van der Waals surface area contributed by atoms with Gasteiger partial charge in [0.15, 0.2) is 0 Å². The molecule has 1 fully saturated rings. The van der Waals surface area contributed by atoms with E-state index in [9.17, 15) is 9.59 Å². The van der Waals surface area contributed by atoms with Crippen LogP contribution < -0.4 is 15.0 Å². The molecule has 0 aliphatic heterocycles. The van der Waals surface area contributed by atoms with Crippen LogP contribution in [0.15, 0.2) is 42.5 Å². The number of nitrogens with zero attached hydrogens (tertiary/aromatic N) is 1. The third kappa shape index (κ3) is 5.51. The summed E-state index contributed by atoms with van der Waals surface area (Å²) in [6.07, 6.45) is 4.17. The molecule has 1 saturated carbocycles. The van der Waals surface area contributed by atoms with Crippen molar-refractivity contribution in [3.05, 3.63) is 58.1 Å². The average molecular weight is 498 g/mol. The zero-order valence-corrected chi connectivity index (χ0v) is 20.4. The summed E-state index contributed by atoms with van der Waals surface area (Å²) in [5, 5.41) is 3.87. The molecule has 1 aliphatic rings. The van der Waals surface area contributed by atoms with Crippen molar-refractivity contribution < 1.29 is 14.3 Å². The number of nitrogens with one attached hydrogen (secondary N) is 1. The average Bonchev–Trinajstić information content (AvgIpc) is 2.79. The van der Waals surface area contributed by atoms with Gasteiger partial charge in [-0.25, -0.2) is 0 Å². The number of methoxy groups -OCH3 is 1. The lowest BCUT2D eigenvalue weighted by molar-refractivity contribution is -0.126. The summed E-state index contributed by atoms with van der Waals surface area (Å²) in [4.78, 5) is 28.1. The predicted octanol–water partition coefficient (Wildman–Crippen LogP) is 6.01. The zero-order chi connectivity index (χ0) is 23.3. The number of rotatable bonds is 7. The molecule has 8 heteroatoms. The number of carbonyl (C=O) groups is 2. The van der Waals surface area contributed by atoms with E-state index < -0.39 is 11.9 Å². The van der Waals surface area contributed by atoms with Crippen LogP contribution in [0.4, 0.5) is 5.69 Å². The molecular formula is C24H27Cl3N2O3. The zero-order valence-electron chi connectivity index (χ0n) is 18.1. The van der Waals surface area contributed by atoms with Crippen molar-refractivity contribution in [3.63, 3.8) is 0 Å². The predicted molar refractivity (Wildman–Crippen MR) is 130 cm³/mol. The van der Waals surface area contributed by atoms with Gasteiger partial charge < -0.3 is 10.1 Å². The standard InChI is InChI=1S/C24H27Cl3N2O3/c1-15-7-3-6-10-20(15)28-24(31)23(17-8-4-5-9-18(17)26)29(22(30)14-25)16-11-12-21(32-2)19(27)13-16/h4-5,8-9,11-13,15,20,23H,3,6-7,10,14H2,1-2H3,(H,28,31)/t15-,20+,23-/m0/s1. The molecule has 0 saturated heterocycles. The lowest BCUT2D eigenvalue weighted by atomic mass is 9.85. The fraction of sp³-hybridized carbons (Fsp3) is 0.417. The van der Waals surface area contributed by atoms with Gasteiger partial charge >= 0.3 is 0 Å². The Morgan fingerprint density at radius 1 is 1.12 bits per heavy atom. The lowest BCUT2D eigenvalue weighted by Crippen LogP contribution is -2.49. The van der Waals surface area contributed by atoms with Crippen molar-refractivity contribution in [1.82, 2.24) is 5.32 Å². The number of hydrogen-bond acceptors (Lipinski definition) is 3. The third-order valence-electron chi connectivity index (χ3n) is 5.94. The van der Waals surface area contributed by atoms with E-state index in [1.165, 1.54) is 12.0 Å². The van der Waals surface area contributed by atoms with Crippen molar-refractivity contribution in [1.29, 1.82) is 0 Å². The Kier molecular flexibility index (Phi) is 8.69. The molecule has 3 atom stereocenters. The molecule has 2 aromatic carbocycles. The Morgan fingerprint density at radius 3 is 2.47 bits per heavy atom. The van der Waals surface area contributed by atoms with Crippen molar-refractivity contribution in [2.45, 2.75) is 44.7 Å². The highest BCUT2D eigenvalue weighted by molar-refractivity contribution is 6.33. The summed E-state index contributed by atoms with van der Waals surface area (Å²) in [5.41, 5.74) is 0.943. The Hall–Kier alpha value is -1.95. The molecule has 5 nitrogen and oxygen atoms in total. The minimum atomic E-state index is -1.01. The van der Waals surface area contributed by atoms with Gasteiger partial charge in [-0.1, -0.05) is 61.2 Å². The first-order valence-corrected chi connectivity index (χ1v) is 11.9. The van der Waals surface area contributed by atoms with Gasteiger partial charge in [0, 0.05) is 22.3 Å². The second kappa shape index (κ2) is 11.3. The number of anilines is 1. The number of amides is 2. The van der Waals surface area contributed by atoms with Gasteiger partial charge in [0.25, 0.3) is 0 Å². The number of hydrogen-bond donors (Lipinski definition) is 1. The summed E-state index contributed by atoms with van der Waals surface area (Å²) in [7, 11) is 1.51. The molecule has 1 N–H and O–H groups in total. The van der Waals surface area contributed by atoms with Gasteiger partial charge in [0.05, 0.1) is 12.1 Å². The molecule has 3 rings (SSSR count). The highest BCUT2D eigenvalue weighted by Gasteiger charge is 2.36. The van der Waals surface area contributed by atoms with Crippen LogP contribution >= 0.6 is 34.8 Å². The molecular weight excluding hydrogens is 471 g/mol. The molecule has 2 amide bonds. The smallest absolute Gasteiger partial charge is 0.248 e. The van der Waals surface area contributed by atoms with Crippen LogP contribution in [0.3, 0.4) is 0 Å². The van der Waals surface area contributed by atoms with Crippen LogP contribution in [0.2, 0.25) is 10.0 Å². The van der Waals surface area contributed by atoms with Crippen LogP contribution in [0.25, 0.3) is 0 Å². The SMILES string of the molecule is COc1ccc(N(C(=O)CCl)[C@H](C(=O)N[C@@H]2CCCC[C@@H]2C)c2ccccc2Cl)cc1Cl. The first-order valence-electron chi connectivity index (χ1n) is 10.6. The molecule has 0 radical (unpaired) electrons. The topological polar surface area (TPSA) is 58.6 Å². The Bertz CT molecular complexity index is 969. The van der Waals surface area contributed by atoms with Gasteiger partial charge in [-0.3, -0.25) is 14.5 Å². The first-order chi connectivity index (χ1) is 15.4. The summed E-state index contributed by atoms with van der Waals surface area (Å²) in [5.74, 6) is -0.236. The number of benzene rings is 2. The number of ether oxygens (including phenoxy) is 1. The largest absolute Gasteiger partial charge is 0.495 e. The van der Waals surface area contributed by atoms with Crippen molar-refractivity contribution in [3.8, 4) is 5.75 Å². The minimum absolute atomic E-state index is 0.0358. The maximum atomic E-state index is 13.7. The molecule has 0 unspecified atom stereocenters. The molecule has 2 aromatic rings. The first kappa shape index (κ1) is 24.7. The Morgan fingerprint density at radius 2 is 1.84 bits per heavy atom. The van der Waals surface area contributed by atoms with Crippen molar-refractivity contribution >= 4 is 52.3 Å². The summed E-state index contributed by atoms with van der Waals surface area (Å²) >= 11 is 18.8. The van der Waals surface area contributed by atoms with Gasteiger partial charge in [-0.2, -0.15) is 0 Å². The maximum Gasteiger partial charge on any atom is 0.248 e. The molecule has 172 valence electrons. The monoisotopic (exact) mass is 496 g/mol. The van der Waals surface area contributed by atoms with Crippen molar-refractivity contribution in [2.24, 2.45) is 5.92 Å². The van der Waals surface area contributed by atoms with Crippen LogP contribution in [0, 0.1) is 5.92 Å². The van der Waals surface area contributed by atoms with E-state index in [2.05, 4.69) is 12.2 Å². The van der Waals surface area contributed by atoms with Gasteiger partial charge in [-0.05, 0) is 43.0 Å².